The predicted octanol–water partition coefficient (Wildman–Crippen LogP) is 2.59. The van der Waals surface area contributed by atoms with E-state index in [0.29, 0.717) is 11.3 Å². The molecule has 1 aromatic rings. The Morgan fingerprint density at radius 3 is 2.61 bits per heavy atom. The Morgan fingerprint density at radius 2 is 2.06 bits per heavy atom. The van der Waals surface area contributed by atoms with E-state index in [2.05, 4.69) is 5.32 Å². The molecule has 1 aliphatic carbocycles. The predicted molar refractivity (Wildman–Crippen MR) is 64.5 cm³/mol. The molecule has 1 N–H and O–H groups in total. The van der Waals surface area contributed by atoms with Crippen LogP contribution in [0.2, 0.25) is 0 Å². The first-order chi connectivity index (χ1) is 8.47. The molecule has 5 heteroatoms. The minimum atomic E-state index is -4.23. The summed E-state index contributed by atoms with van der Waals surface area (Å²) in [6.45, 7) is 3.98. The zero-order valence-electron chi connectivity index (χ0n) is 10.1. The van der Waals surface area contributed by atoms with E-state index in [4.69, 9.17) is 0 Å². The van der Waals surface area contributed by atoms with E-state index in [-0.39, 0.29) is 0 Å². The van der Waals surface area contributed by atoms with Crippen molar-refractivity contribution in [2.45, 2.75) is 25.4 Å². The second-order valence-electron chi connectivity index (χ2n) is 5.78. The van der Waals surface area contributed by atoms with Crippen molar-refractivity contribution in [2.24, 2.45) is 11.3 Å². The Kier molecular flexibility index (Phi) is 2.77. The Morgan fingerprint density at radius 1 is 1.33 bits per heavy atom. The molecule has 0 unspecified atom stereocenters. The van der Waals surface area contributed by atoms with Crippen LogP contribution < -0.4 is 5.32 Å². The molecule has 1 aliphatic heterocycles. The van der Waals surface area contributed by atoms with Crippen LogP contribution in [0.15, 0.2) is 18.1 Å². The molecule has 18 heavy (non-hydrogen) atoms. The van der Waals surface area contributed by atoms with E-state index in [0.717, 1.165) is 43.9 Å². The van der Waals surface area contributed by atoms with Crippen molar-refractivity contribution in [3.05, 3.63) is 29.1 Å². The maximum atomic E-state index is 12.6. The second-order valence-corrected chi connectivity index (χ2v) is 5.78. The van der Waals surface area contributed by atoms with E-state index in [1.54, 1.807) is 6.91 Å². The van der Waals surface area contributed by atoms with Gasteiger partial charge in [0.25, 0.3) is 0 Å². The van der Waals surface area contributed by atoms with Crippen molar-refractivity contribution in [2.75, 3.05) is 13.1 Å². The monoisotopic (exact) mass is 253 g/mol. The van der Waals surface area contributed by atoms with Gasteiger partial charge in [0, 0.05) is 0 Å². The summed E-state index contributed by atoms with van der Waals surface area (Å²) in [7, 11) is 0. The summed E-state index contributed by atoms with van der Waals surface area (Å²) >= 11 is 0. The molecule has 3 rings (SSSR count). The van der Waals surface area contributed by atoms with Gasteiger partial charge in [0.05, 0.1) is 0 Å². The maximum absolute atomic E-state index is 12.6. The molecule has 1 saturated heterocycles. The van der Waals surface area contributed by atoms with Crippen LogP contribution in [0.5, 0.6) is 0 Å². The molecule has 0 atom stereocenters. The molecular weight excluding hydrogens is 238 g/mol. The molecular formula is C13H15BF3N. The van der Waals surface area contributed by atoms with Gasteiger partial charge < -0.3 is 0 Å². The Bertz CT molecular complexity index is 446. The summed E-state index contributed by atoms with van der Waals surface area (Å²) in [5.41, 5.74) is 0.781. The summed E-state index contributed by atoms with van der Waals surface area (Å²) < 4.78 is 37.7. The van der Waals surface area contributed by atoms with Gasteiger partial charge in [-0.15, -0.1) is 0 Å². The van der Waals surface area contributed by atoms with Gasteiger partial charge in [-0.1, -0.05) is 0 Å². The van der Waals surface area contributed by atoms with Crippen LogP contribution in [-0.4, -0.2) is 20.0 Å². The van der Waals surface area contributed by atoms with Crippen molar-refractivity contribution in [3.63, 3.8) is 0 Å². The first-order valence-corrected chi connectivity index (χ1v) is 6.34. The van der Waals surface area contributed by atoms with E-state index in [1.165, 1.54) is 12.0 Å². The van der Waals surface area contributed by atoms with E-state index in [1.807, 2.05) is 0 Å². The molecule has 2 aliphatic rings. The first-order valence-electron chi connectivity index (χ1n) is 6.34. The van der Waals surface area contributed by atoms with Crippen LogP contribution in [0.1, 0.15) is 23.9 Å². The summed E-state index contributed by atoms with van der Waals surface area (Å²) in [4.78, 5) is 0. The molecule has 2 heterocycles. The summed E-state index contributed by atoms with van der Waals surface area (Å²) in [5.74, 6) is 2.08. The zero-order chi connectivity index (χ0) is 12.8. The van der Waals surface area contributed by atoms with Crippen molar-refractivity contribution < 1.29 is 13.2 Å². The van der Waals surface area contributed by atoms with E-state index < -0.39 is 11.7 Å². The van der Waals surface area contributed by atoms with Crippen molar-refractivity contribution in [1.29, 1.82) is 0 Å². The van der Waals surface area contributed by atoms with Gasteiger partial charge in [0.15, 0.2) is 0 Å². The quantitative estimate of drug-likeness (QED) is 0.854. The number of hydrogen-bond acceptors (Lipinski definition) is 1. The van der Waals surface area contributed by atoms with Crippen LogP contribution in [0.3, 0.4) is 0 Å². The molecule has 0 bridgehead atoms. The second kappa shape index (κ2) is 4.09. The summed E-state index contributed by atoms with van der Waals surface area (Å²) in [6, 6.07) is 2.44. The van der Waals surface area contributed by atoms with E-state index >= 15 is 0 Å². The zero-order valence-corrected chi connectivity index (χ0v) is 10.1. The normalized spacial score (nSPS) is 22.4. The van der Waals surface area contributed by atoms with Crippen LogP contribution in [0.4, 0.5) is 13.2 Å². The number of halogens is 3. The van der Waals surface area contributed by atoms with Gasteiger partial charge in [-0.25, -0.2) is 0 Å². The third-order valence-electron chi connectivity index (χ3n) is 4.22. The fourth-order valence-electron chi connectivity index (χ4n) is 3.28. The Labute approximate surface area is 105 Å². The molecule has 0 amide bonds. The minimum absolute atomic E-state index is 0.492. The molecule has 0 aromatic carbocycles. The van der Waals surface area contributed by atoms with E-state index in [9.17, 15) is 13.2 Å². The number of hydrogen-bond donors (Lipinski definition) is 1. The molecule has 1 nitrogen and oxygen atoms in total. The van der Waals surface area contributed by atoms with Gasteiger partial charge in [0.1, 0.15) is 0 Å². The van der Waals surface area contributed by atoms with Gasteiger partial charge >= 0.3 is 104 Å². The van der Waals surface area contributed by atoms with Crippen LogP contribution in [0, 0.1) is 11.3 Å². The average Bonchev–Trinajstić information content (AvgIpc) is 2.19. The molecule has 2 fully saturated rings. The number of alkyl halides is 3. The SMILES string of the molecule is FC(F)(F)c1ccbc(CC2CC3(CNC3)C2)c1. The van der Waals surface area contributed by atoms with Gasteiger partial charge in [-0.2, -0.15) is 0 Å². The third kappa shape index (κ3) is 2.20. The average molecular weight is 253 g/mol. The van der Waals surface area contributed by atoms with Gasteiger partial charge in [-0.05, 0) is 0 Å². The van der Waals surface area contributed by atoms with Crippen molar-refractivity contribution in [3.8, 4) is 0 Å². The van der Waals surface area contributed by atoms with Crippen molar-refractivity contribution in [1.82, 2.24) is 5.32 Å². The standard InChI is InChI=1S/C13H15BF3N/c15-13(16,17)10-1-2-14-11(4-10)3-9-5-12(6-9)7-18-8-12/h1-2,4,9,18H,3,5-8H2. The number of rotatable bonds is 2. The first kappa shape index (κ1) is 12.2. The number of nitrogens with one attached hydrogen (secondary N) is 1. The van der Waals surface area contributed by atoms with Crippen LogP contribution in [0.25, 0.3) is 0 Å². The Balaban J connectivity index is 1.63. The summed E-state index contributed by atoms with van der Waals surface area (Å²) in [6.07, 6.45) is -1.12. The topological polar surface area (TPSA) is 12.0 Å². The van der Waals surface area contributed by atoms with Crippen molar-refractivity contribution >= 4 is 6.91 Å². The third-order valence-corrected chi connectivity index (χ3v) is 4.22. The fraction of sp³-hybridized carbons (Fsp3) is 0.615. The molecule has 96 valence electrons. The molecule has 1 aromatic heterocycles. The van der Waals surface area contributed by atoms with Gasteiger partial charge in [0.2, 0.25) is 0 Å². The molecule has 1 spiro atoms. The molecule has 0 radical (unpaired) electrons. The Hall–Kier alpha value is -0.835. The van der Waals surface area contributed by atoms with Crippen LogP contribution in [-0.2, 0) is 12.6 Å². The summed E-state index contributed by atoms with van der Waals surface area (Å²) in [5, 5.41) is 3.27. The van der Waals surface area contributed by atoms with Crippen LogP contribution >= 0.6 is 0 Å². The van der Waals surface area contributed by atoms with Gasteiger partial charge in [-0.3, -0.25) is 0 Å². The fourth-order valence-corrected chi connectivity index (χ4v) is 3.28. The molecule has 1 saturated carbocycles.